The van der Waals surface area contributed by atoms with Gasteiger partial charge < -0.3 is 9.47 Å². The molecule has 0 saturated carbocycles. The molecule has 0 amide bonds. The van der Waals surface area contributed by atoms with Crippen LogP contribution in [0, 0.1) is 5.92 Å². The van der Waals surface area contributed by atoms with E-state index in [4.69, 9.17) is 9.47 Å². The van der Waals surface area contributed by atoms with E-state index in [0.29, 0.717) is 24.7 Å². The molecule has 0 spiro atoms. The molecule has 1 rings (SSSR count). The van der Waals surface area contributed by atoms with Crippen molar-refractivity contribution < 1.29 is 19.1 Å². The van der Waals surface area contributed by atoms with Gasteiger partial charge in [0.25, 0.3) is 0 Å². The standard InChI is InChI=1S/C16H22O4S/c1-12(2)11-19-15(17)5-4-6-16(18)20-13-7-9-14(21-3)10-8-13/h7-10,12H,4-6,11H2,1-3H3. The Kier molecular flexibility index (Phi) is 7.90. The Balaban J connectivity index is 2.23. The molecule has 0 saturated heterocycles. The molecule has 0 atom stereocenters. The molecule has 0 fully saturated rings. The molecule has 0 aromatic heterocycles. The van der Waals surface area contributed by atoms with Crippen LogP contribution in [0.25, 0.3) is 0 Å². The zero-order valence-corrected chi connectivity index (χ0v) is 13.6. The number of esters is 2. The van der Waals surface area contributed by atoms with E-state index in [9.17, 15) is 9.59 Å². The summed E-state index contributed by atoms with van der Waals surface area (Å²) in [6.07, 6.45) is 2.88. The second kappa shape index (κ2) is 9.45. The van der Waals surface area contributed by atoms with Gasteiger partial charge in [0, 0.05) is 17.7 Å². The molecular formula is C16H22O4S. The fourth-order valence-electron chi connectivity index (χ4n) is 1.54. The normalized spacial score (nSPS) is 10.5. The number of benzene rings is 1. The number of hydrogen-bond acceptors (Lipinski definition) is 5. The Hall–Kier alpha value is -1.49. The molecule has 0 heterocycles. The maximum absolute atomic E-state index is 11.6. The van der Waals surface area contributed by atoms with Crippen LogP contribution in [0.15, 0.2) is 29.2 Å². The average molecular weight is 310 g/mol. The first kappa shape index (κ1) is 17.6. The van der Waals surface area contributed by atoms with Crippen molar-refractivity contribution in [2.75, 3.05) is 12.9 Å². The maximum atomic E-state index is 11.6. The molecule has 0 aliphatic carbocycles. The summed E-state index contributed by atoms with van der Waals surface area (Å²) >= 11 is 1.63. The van der Waals surface area contributed by atoms with Crippen LogP contribution in [0.5, 0.6) is 5.75 Å². The van der Waals surface area contributed by atoms with Crippen molar-refractivity contribution in [3.8, 4) is 5.75 Å². The molecule has 0 N–H and O–H groups in total. The van der Waals surface area contributed by atoms with Gasteiger partial charge in [-0.3, -0.25) is 9.59 Å². The molecule has 116 valence electrons. The number of carbonyl (C=O) groups excluding carboxylic acids is 2. The lowest BCUT2D eigenvalue weighted by Gasteiger charge is -2.07. The van der Waals surface area contributed by atoms with Crippen molar-refractivity contribution in [2.45, 2.75) is 38.0 Å². The Morgan fingerprint density at radius 3 is 2.29 bits per heavy atom. The summed E-state index contributed by atoms with van der Waals surface area (Å²) < 4.78 is 10.2. The third-order valence-corrected chi connectivity index (χ3v) is 3.37. The van der Waals surface area contributed by atoms with Gasteiger partial charge in [-0.2, -0.15) is 0 Å². The van der Waals surface area contributed by atoms with E-state index < -0.39 is 0 Å². The molecule has 4 nitrogen and oxygen atoms in total. The molecule has 1 aromatic rings. The predicted molar refractivity (Wildman–Crippen MR) is 83.5 cm³/mol. The summed E-state index contributed by atoms with van der Waals surface area (Å²) in [6, 6.07) is 7.33. The van der Waals surface area contributed by atoms with Gasteiger partial charge in [0.15, 0.2) is 0 Å². The number of rotatable bonds is 8. The smallest absolute Gasteiger partial charge is 0.311 e. The van der Waals surface area contributed by atoms with Gasteiger partial charge in [-0.1, -0.05) is 13.8 Å². The van der Waals surface area contributed by atoms with Crippen molar-refractivity contribution in [1.29, 1.82) is 0 Å². The SMILES string of the molecule is CSc1ccc(OC(=O)CCCC(=O)OCC(C)C)cc1. The summed E-state index contributed by atoms with van der Waals surface area (Å²) in [5.41, 5.74) is 0. The van der Waals surface area contributed by atoms with Crippen LogP contribution in [0.2, 0.25) is 0 Å². The highest BCUT2D eigenvalue weighted by molar-refractivity contribution is 7.98. The topological polar surface area (TPSA) is 52.6 Å². The highest BCUT2D eigenvalue weighted by Crippen LogP contribution is 2.19. The zero-order chi connectivity index (χ0) is 15.7. The maximum Gasteiger partial charge on any atom is 0.311 e. The summed E-state index contributed by atoms with van der Waals surface area (Å²) in [5.74, 6) is 0.257. The molecule has 21 heavy (non-hydrogen) atoms. The monoisotopic (exact) mass is 310 g/mol. The molecule has 0 aliphatic rings. The van der Waals surface area contributed by atoms with Crippen LogP contribution in [-0.4, -0.2) is 24.8 Å². The van der Waals surface area contributed by atoms with Crippen LogP contribution in [-0.2, 0) is 14.3 Å². The lowest BCUT2D eigenvalue weighted by atomic mass is 10.2. The van der Waals surface area contributed by atoms with Crippen LogP contribution >= 0.6 is 11.8 Å². The van der Waals surface area contributed by atoms with E-state index in [1.54, 1.807) is 23.9 Å². The van der Waals surface area contributed by atoms with Gasteiger partial charge in [0.2, 0.25) is 0 Å². The van der Waals surface area contributed by atoms with Crippen molar-refractivity contribution >= 4 is 23.7 Å². The summed E-state index contributed by atoms with van der Waals surface area (Å²) in [7, 11) is 0. The molecule has 0 aliphatic heterocycles. The van der Waals surface area contributed by atoms with E-state index in [1.807, 2.05) is 32.2 Å². The highest BCUT2D eigenvalue weighted by Gasteiger charge is 2.09. The zero-order valence-electron chi connectivity index (χ0n) is 12.8. The number of carbonyl (C=O) groups is 2. The van der Waals surface area contributed by atoms with Gasteiger partial charge in [-0.25, -0.2) is 0 Å². The van der Waals surface area contributed by atoms with Crippen LogP contribution in [0.1, 0.15) is 33.1 Å². The third kappa shape index (κ3) is 7.75. The fraction of sp³-hybridized carbons (Fsp3) is 0.500. The van der Waals surface area contributed by atoms with Gasteiger partial charge >= 0.3 is 11.9 Å². The van der Waals surface area contributed by atoms with Gasteiger partial charge in [0.05, 0.1) is 6.61 Å². The number of ether oxygens (including phenoxy) is 2. The van der Waals surface area contributed by atoms with E-state index in [0.717, 1.165) is 4.90 Å². The Morgan fingerprint density at radius 2 is 1.71 bits per heavy atom. The van der Waals surface area contributed by atoms with Crippen molar-refractivity contribution in [1.82, 2.24) is 0 Å². The molecular weight excluding hydrogens is 288 g/mol. The highest BCUT2D eigenvalue weighted by atomic mass is 32.2. The second-order valence-electron chi connectivity index (χ2n) is 5.08. The van der Waals surface area contributed by atoms with Crippen LogP contribution in [0.3, 0.4) is 0 Å². The Labute approximate surface area is 130 Å². The third-order valence-electron chi connectivity index (χ3n) is 2.63. The average Bonchev–Trinajstić information content (AvgIpc) is 2.46. The van der Waals surface area contributed by atoms with Gasteiger partial charge in [-0.15, -0.1) is 11.8 Å². The fourth-order valence-corrected chi connectivity index (χ4v) is 1.94. The van der Waals surface area contributed by atoms with E-state index >= 15 is 0 Å². The summed E-state index contributed by atoms with van der Waals surface area (Å²) in [6.45, 7) is 4.38. The Bertz CT molecular complexity index is 454. The molecule has 0 radical (unpaired) electrons. The first-order valence-electron chi connectivity index (χ1n) is 7.01. The molecule has 0 unspecified atom stereocenters. The van der Waals surface area contributed by atoms with Crippen molar-refractivity contribution in [3.63, 3.8) is 0 Å². The molecule has 1 aromatic carbocycles. The number of hydrogen-bond donors (Lipinski definition) is 0. The van der Waals surface area contributed by atoms with E-state index in [2.05, 4.69) is 0 Å². The predicted octanol–water partition coefficient (Wildman–Crippen LogP) is 3.68. The first-order chi connectivity index (χ1) is 10.0. The van der Waals surface area contributed by atoms with E-state index in [1.165, 1.54) is 0 Å². The van der Waals surface area contributed by atoms with Crippen LogP contribution in [0.4, 0.5) is 0 Å². The molecule has 0 bridgehead atoms. The minimum atomic E-state index is -0.330. The number of thioether (sulfide) groups is 1. The largest absolute Gasteiger partial charge is 0.465 e. The van der Waals surface area contributed by atoms with Crippen molar-refractivity contribution in [2.24, 2.45) is 5.92 Å². The second-order valence-corrected chi connectivity index (χ2v) is 5.96. The van der Waals surface area contributed by atoms with Crippen molar-refractivity contribution in [3.05, 3.63) is 24.3 Å². The van der Waals surface area contributed by atoms with Gasteiger partial charge in [-0.05, 0) is 42.9 Å². The van der Waals surface area contributed by atoms with E-state index in [-0.39, 0.29) is 24.8 Å². The lowest BCUT2D eigenvalue weighted by molar-refractivity contribution is -0.145. The minimum Gasteiger partial charge on any atom is -0.465 e. The first-order valence-corrected chi connectivity index (χ1v) is 8.24. The summed E-state index contributed by atoms with van der Waals surface area (Å²) in [4.78, 5) is 24.1. The summed E-state index contributed by atoms with van der Waals surface area (Å²) in [5, 5.41) is 0. The minimum absolute atomic E-state index is 0.209. The lowest BCUT2D eigenvalue weighted by Crippen LogP contribution is -2.12. The Morgan fingerprint density at radius 1 is 1.10 bits per heavy atom. The quantitative estimate of drug-likeness (QED) is 0.416. The molecule has 5 heteroatoms. The van der Waals surface area contributed by atoms with Gasteiger partial charge in [0.1, 0.15) is 5.75 Å². The van der Waals surface area contributed by atoms with Crippen LogP contribution < -0.4 is 4.74 Å².